The Morgan fingerprint density at radius 3 is 2.38 bits per heavy atom. The fourth-order valence-electron chi connectivity index (χ4n) is 1.32. The van der Waals surface area contributed by atoms with E-state index in [-0.39, 0.29) is 5.91 Å². The smallest absolute Gasteiger partial charge is 0.265 e. The molecule has 0 atom stereocenters. The number of nitrogens with two attached hydrogens (primary N) is 1. The lowest BCUT2D eigenvalue weighted by atomic mass is 10.1. The summed E-state index contributed by atoms with van der Waals surface area (Å²) in [5.41, 5.74) is 3.88. The first kappa shape index (κ1) is 12.7. The Bertz CT molecular complexity index is 346. The molecule has 88 valence electrons. The molecule has 0 heterocycles. The third kappa shape index (κ3) is 3.32. The number of amides is 1. The van der Waals surface area contributed by atoms with E-state index < -0.39 is 0 Å². The number of rotatable bonds is 4. The van der Waals surface area contributed by atoms with Gasteiger partial charge in [0.05, 0.1) is 0 Å². The van der Waals surface area contributed by atoms with Crippen LogP contribution in [-0.2, 0) is 6.54 Å². The first-order chi connectivity index (χ1) is 7.54. The first-order valence-electron chi connectivity index (χ1n) is 5.34. The second kappa shape index (κ2) is 5.63. The van der Waals surface area contributed by atoms with Gasteiger partial charge in [-0.25, -0.2) is 5.84 Å². The standard InChI is InChI=1S/C12H19N3O/c1-9(2)15(3)8-10-4-6-11(7-5-10)12(16)14-13/h4-7,9H,8,13H2,1-3H3,(H,14,16). The molecule has 0 fully saturated rings. The van der Waals surface area contributed by atoms with Gasteiger partial charge in [-0.2, -0.15) is 0 Å². The molecule has 0 saturated heterocycles. The SMILES string of the molecule is CC(C)N(C)Cc1ccc(C(=O)NN)cc1. The van der Waals surface area contributed by atoms with E-state index in [1.54, 1.807) is 12.1 Å². The van der Waals surface area contributed by atoms with E-state index in [2.05, 4.69) is 31.2 Å². The zero-order valence-electron chi connectivity index (χ0n) is 10.0. The fourth-order valence-corrected chi connectivity index (χ4v) is 1.32. The van der Waals surface area contributed by atoms with Crippen LogP contribution in [0.25, 0.3) is 0 Å². The number of hydrogen-bond acceptors (Lipinski definition) is 3. The van der Waals surface area contributed by atoms with Crippen LogP contribution >= 0.6 is 0 Å². The van der Waals surface area contributed by atoms with Gasteiger partial charge in [-0.15, -0.1) is 0 Å². The van der Waals surface area contributed by atoms with Crippen LogP contribution < -0.4 is 11.3 Å². The van der Waals surface area contributed by atoms with Crippen LogP contribution in [0.5, 0.6) is 0 Å². The molecule has 4 nitrogen and oxygen atoms in total. The summed E-state index contributed by atoms with van der Waals surface area (Å²) in [5, 5.41) is 0. The Hall–Kier alpha value is -1.39. The molecule has 3 N–H and O–H groups in total. The molecule has 0 saturated carbocycles. The molecular formula is C12H19N3O. The Morgan fingerprint density at radius 1 is 1.38 bits per heavy atom. The van der Waals surface area contributed by atoms with Crippen molar-refractivity contribution >= 4 is 5.91 Å². The monoisotopic (exact) mass is 221 g/mol. The largest absolute Gasteiger partial charge is 0.300 e. The van der Waals surface area contributed by atoms with E-state index in [0.29, 0.717) is 11.6 Å². The summed E-state index contributed by atoms with van der Waals surface area (Å²) in [6.45, 7) is 5.18. The van der Waals surface area contributed by atoms with Gasteiger partial charge in [-0.05, 0) is 38.6 Å². The summed E-state index contributed by atoms with van der Waals surface area (Å²) in [4.78, 5) is 13.4. The lowest BCUT2D eigenvalue weighted by Crippen LogP contribution is -2.30. The number of nitrogens with zero attached hydrogens (tertiary/aromatic N) is 1. The highest BCUT2D eigenvalue weighted by Crippen LogP contribution is 2.08. The molecule has 0 radical (unpaired) electrons. The van der Waals surface area contributed by atoms with Crippen molar-refractivity contribution in [3.8, 4) is 0 Å². The minimum atomic E-state index is -0.260. The van der Waals surface area contributed by atoms with Crippen molar-refractivity contribution in [2.45, 2.75) is 26.4 Å². The van der Waals surface area contributed by atoms with E-state index in [1.165, 1.54) is 5.56 Å². The number of hydrazine groups is 1. The third-order valence-electron chi connectivity index (χ3n) is 2.66. The van der Waals surface area contributed by atoms with E-state index >= 15 is 0 Å². The van der Waals surface area contributed by atoms with Crippen molar-refractivity contribution < 1.29 is 4.79 Å². The highest BCUT2D eigenvalue weighted by Gasteiger charge is 2.06. The maximum atomic E-state index is 11.2. The summed E-state index contributed by atoms with van der Waals surface area (Å²) in [6, 6.07) is 7.97. The topological polar surface area (TPSA) is 58.4 Å². The number of nitrogen functional groups attached to an aromatic ring is 1. The van der Waals surface area contributed by atoms with Gasteiger partial charge < -0.3 is 0 Å². The maximum Gasteiger partial charge on any atom is 0.265 e. The summed E-state index contributed by atoms with van der Waals surface area (Å²) >= 11 is 0. The zero-order chi connectivity index (χ0) is 12.1. The molecule has 0 aliphatic rings. The van der Waals surface area contributed by atoms with Crippen molar-refractivity contribution in [1.82, 2.24) is 10.3 Å². The fraction of sp³-hybridized carbons (Fsp3) is 0.417. The van der Waals surface area contributed by atoms with Crippen LogP contribution in [0.15, 0.2) is 24.3 Å². The van der Waals surface area contributed by atoms with Crippen molar-refractivity contribution in [2.24, 2.45) is 5.84 Å². The molecule has 0 unspecified atom stereocenters. The van der Waals surface area contributed by atoms with Crippen molar-refractivity contribution in [1.29, 1.82) is 0 Å². The summed E-state index contributed by atoms with van der Waals surface area (Å²) in [7, 11) is 2.07. The molecule has 0 aliphatic heterocycles. The minimum Gasteiger partial charge on any atom is -0.300 e. The number of carbonyl (C=O) groups is 1. The van der Waals surface area contributed by atoms with Gasteiger partial charge in [0, 0.05) is 18.2 Å². The van der Waals surface area contributed by atoms with Gasteiger partial charge in [0.1, 0.15) is 0 Å². The predicted molar refractivity (Wildman–Crippen MR) is 64.7 cm³/mol. The second-order valence-electron chi connectivity index (χ2n) is 4.18. The maximum absolute atomic E-state index is 11.2. The quantitative estimate of drug-likeness (QED) is 0.455. The number of carbonyl (C=O) groups excluding carboxylic acids is 1. The average molecular weight is 221 g/mol. The molecule has 1 aromatic carbocycles. The lowest BCUT2D eigenvalue weighted by molar-refractivity contribution is 0.0953. The number of nitrogens with one attached hydrogen (secondary N) is 1. The molecular weight excluding hydrogens is 202 g/mol. The van der Waals surface area contributed by atoms with E-state index in [9.17, 15) is 4.79 Å². The van der Waals surface area contributed by atoms with Gasteiger partial charge in [0.15, 0.2) is 0 Å². The minimum absolute atomic E-state index is 0.260. The van der Waals surface area contributed by atoms with E-state index in [0.717, 1.165) is 6.54 Å². The predicted octanol–water partition coefficient (Wildman–Crippen LogP) is 1.13. The lowest BCUT2D eigenvalue weighted by Gasteiger charge is -2.20. The van der Waals surface area contributed by atoms with Crippen LogP contribution in [0.1, 0.15) is 29.8 Å². The van der Waals surface area contributed by atoms with E-state index in [4.69, 9.17) is 5.84 Å². The Kier molecular flexibility index (Phi) is 4.46. The molecule has 0 spiro atoms. The number of hydrogen-bond donors (Lipinski definition) is 2. The average Bonchev–Trinajstić information content (AvgIpc) is 2.28. The molecule has 0 aliphatic carbocycles. The molecule has 1 rings (SSSR count). The van der Waals surface area contributed by atoms with Gasteiger partial charge in [-0.1, -0.05) is 12.1 Å². The zero-order valence-corrected chi connectivity index (χ0v) is 10.0. The Balaban J connectivity index is 2.68. The van der Waals surface area contributed by atoms with Gasteiger partial charge in [0.2, 0.25) is 0 Å². The molecule has 0 aromatic heterocycles. The Morgan fingerprint density at radius 2 is 1.94 bits per heavy atom. The van der Waals surface area contributed by atoms with Gasteiger partial charge in [0.25, 0.3) is 5.91 Å². The van der Waals surface area contributed by atoms with Crippen LogP contribution in [-0.4, -0.2) is 23.9 Å². The van der Waals surface area contributed by atoms with E-state index in [1.807, 2.05) is 12.1 Å². The number of benzene rings is 1. The van der Waals surface area contributed by atoms with Crippen LogP contribution in [0.4, 0.5) is 0 Å². The summed E-state index contributed by atoms with van der Waals surface area (Å²) < 4.78 is 0. The normalized spacial score (nSPS) is 10.9. The third-order valence-corrected chi connectivity index (χ3v) is 2.66. The molecule has 1 aromatic rings. The molecule has 16 heavy (non-hydrogen) atoms. The molecule has 1 amide bonds. The highest BCUT2D eigenvalue weighted by atomic mass is 16.2. The first-order valence-corrected chi connectivity index (χ1v) is 5.34. The molecule has 0 bridgehead atoms. The van der Waals surface area contributed by atoms with Crippen LogP contribution in [0.3, 0.4) is 0 Å². The summed E-state index contributed by atoms with van der Waals surface area (Å²) in [5.74, 6) is 4.79. The van der Waals surface area contributed by atoms with Crippen molar-refractivity contribution in [3.63, 3.8) is 0 Å². The second-order valence-corrected chi connectivity index (χ2v) is 4.18. The van der Waals surface area contributed by atoms with Gasteiger partial charge in [-0.3, -0.25) is 15.1 Å². The van der Waals surface area contributed by atoms with Gasteiger partial charge >= 0.3 is 0 Å². The summed E-state index contributed by atoms with van der Waals surface area (Å²) in [6.07, 6.45) is 0. The Labute approximate surface area is 96.4 Å². The molecule has 4 heteroatoms. The van der Waals surface area contributed by atoms with Crippen LogP contribution in [0, 0.1) is 0 Å². The van der Waals surface area contributed by atoms with Crippen LogP contribution in [0.2, 0.25) is 0 Å². The van der Waals surface area contributed by atoms with Crippen molar-refractivity contribution in [3.05, 3.63) is 35.4 Å². The highest BCUT2D eigenvalue weighted by molar-refractivity contribution is 5.93. The van der Waals surface area contributed by atoms with Crippen molar-refractivity contribution in [2.75, 3.05) is 7.05 Å².